The molecule has 0 N–H and O–H groups in total. The number of para-hydroxylation sites is 1. The minimum Gasteiger partial charge on any atom is -0.289 e. The molecule has 0 fully saturated rings. The fraction of sp³-hybridized carbons (Fsp3) is 0.120. The Labute approximate surface area is 238 Å². The third kappa shape index (κ3) is 5.92. The van der Waals surface area contributed by atoms with Gasteiger partial charge in [-0.3, -0.25) is 19.5 Å². The molecule has 0 aliphatic rings. The van der Waals surface area contributed by atoms with Crippen molar-refractivity contribution >= 4 is 34.7 Å². The summed E-state index contributed by atoms with van der Waals surface area (Å²) in [5, 5.41) is 11.3. The lowest BCUT2D eigenvalue weighted by molar-refractivity contribution is -0.384. The highest BCUT2D eigenvalue weighted by Crippen LogP contribution is 2.43. The number of benzene rings is 3. The average molecular weight is 642 g/mol. The minimum absolute atomic E-state index is 0.0765. The Bertz CT molecular complexity index is 1700. The van der Waals surface area contributed by atoms with Gasteiger partial charge in [-0.25, -0.2) is 4.98 Å². The molecule has 220 valence electrons. The lowest BCUT2D eigenvalue weighted by Crippen LogP contribution is -2.26. The maximum absolute atomic E-state index is 13.9. The number of rotatable bonds is 5. The largest absolute Gasteiger partial charge is 0.456 e. The summed E-state index contributed by atoms with van der Waals surface area (Å²) in [6.07, 6.45) is -16.5. The second-order valence-corrected chi connectivity index (χ2v) is 9.28. The molecule has 3 aromatic carbocycles. The molecule has 0 amide bonds. The van der Waals surface area contributed by atoms with Gasteiger partial charge in [-0.2, -0.15) is 39.5 Å². The van der Waals surface area contributed by atoms with Crippen LogP contribution in [0.2, 0.25) is 10.0 Å². The van der Waals surface area contributed by atoms with Crippen LogP contribution in [0.3, 0.4) is 0 Å². The van der Waals surface area contributed by atoms with Crippen molar-refractivity contribution in [1.82, 2.24) is 9.55 Å². The maximum atomic E-state index is 13.9. The Balaban J connectivity index is 2.25. The molecule has 0 aliphatic heterocycles. The van der Waals surface area contributed by atoms with Crippen LogP contribution in [0.15, 0.2) is 60.7 Å². The van der Waals surface area contributed by atoms with Gasteiger partial charge in [0.1, 0.15) is 11.4 Å². The van der Waals surface area contributed by atoms with Crippen molar-refractivity contribution in [2.24, 2.45) is 0 Å². The molecule has 1 heterocycles. The number of ketones is 1. The van der Waals surface area contributed by atoms with Crippen LogP contribution >= 0.6 is 23.2 Å². The van der Waals surface area contributed by atoms with E-state index in [2.05, 4.69) is 4.98 Å². The Morgan fingerprint density at radius 1 is 0.810 bits per heavy atom. The van der Waals surface area contributed by atoms with Gasteiger partial charge in [0.2, 0.25) is 0 Å². The van der Waals surface area contributed by atoms with Crippen molar-refractivity contribution < 1.29 is 49.2 Å². The molecule has 42 heavy (non-hydrogen) atoms. The number of halogens is 11. The van der Waals surface area contributed by atoms with Crippen LogP contribution < -0.4 is 0 Å². The van der Waals surface area contributed by atoms with E-state index in [1.807, 2.05) is 0 Å². The second-order valence-electron chi connectivity index (χ2n) is 8.46. The molecule has 1 aromatic heterocycles. The van der Waals surface area contributed by atoms with E-state index in [0.29, 0.717) is 4.57 Å². The zero-order chi connectivity index (χ0) is 31.4. The van der Waals surface area contributed by atoms with E-state index in [1.165, 1.54) is 12.1 Å². The maximum Gasteiger partial charge on any atom is 0.456 e. The molecule has 0 radical (unpaired) electrons. The number of aromatic nitrogens is 2. The Morgan fingerprint density at radius 3 is 1.88 bits per heavy atom. The number of hydrogen-bond donors (Lipinski definition) is 0. The van der Waals surface area contributed by atoms with Crippen molar-refractivity contribution in [3.8, 4) is 28.3 Å². The van der Waals surface area contributed by atoms with Crippen molar-refractivity contribution in [3.63, 3.8) is 0 Å². The highest BCUT2D eigenvalue weighted by molar-refractivity contribution is 6.42. The van der Waals surface area contributed by atoms with Crippen molar-refractivity contribution in [2.45, 2.75) is 18.5 Å². The molecule has 17 heteroatoms. The summed E-state index contributed by atoms with van der Waals surface area (Å²) in [6.45, 7) is 0. The Morgan fingerprint density at radius 2 is 1.38 bits per heavy atom. The van der Waals surface area contributed by atoms with Crippen molar-refractivity contribution in [1.29, 1.82) is 0 Å². The number of nitro groups is 1. The molecular formula is C25H10Cl2F9N3O3. The van der Waals surface area contributed by atoms with Crippen LogP contribution in [-0.2, 0) is 12.4 Å². The summed E-state index contributed by atoms with van der Waals surface area (Å²) in [7, 11) is 0. The number of alkyl halides is 9. The minimum atomic E-state index is -5.74. The average Bonchev–Trinajstić information content (AvgIpc) is 3.28. The number of nitro benzene ring substituents is 1. The van der Waals surface area contributed by atoms with E-state index in [0.717, 1.165) is 30.3 Å². The first-order chi connectivity index (χ1) is 19.3. The summed E-state index contributed by atoms with van der Waals surface area (Å²) in [5.41, 5.74) is -9.52. The molecule has 0 spiro atoms. The monoisotopic (exact) mass is 641 g/mol. The van der Waals surface area contributed by atoms with Crippen molar-refractivity contribution in [2.75, 3.05) is 0 Å². The van der Waals surface area contributed by atoms with Gasteiger partial charge in [0.05, 0.1) is 31.7 Å². The smallest absolute Gasteiger partial charge is 0.289 e. The van der Waals surface area contributed by atoms with Gasteiger partial charge in [0.15, 0.2) is 5.82 Å². The molecule has 0 aliphatic carbocycles. The van der Waals surface area contributed by atoms with Gasteiger partial charge in [0, 0.05) is 17.3 Å². The number of carbonyl (C=O) groups is 1. The number of Topliss-reactive ketones (excluding diaryl/α,β-unsaturated/α-hetero) is 1. The third-order valence-corrected chi connectivity index (χ3v) is 6.45. The van der Waals surface area contributed by atoms with E-state index >= 15 is 0 Å². The van der Waals surface area contributed by atoms with Gasteiger partial charge >= 0.3 is 18.5 Å². The van der Waals surface area contributed by atoms with E-state index in [4.69, 9.17) is 23.2 Å². The van der Waals surface area contributed by atoms with Gasteiger partial charge in [-0.1, -0.05) is 35.3 Å². The highest BCUT2D eigenvalue weighted by atomic mass is 35.5. The summed E-state index contributed by atoms with van der Waals surface area (Å²) in [5.74, 6) is -3.53. The number of imidazole rings is 1. The molecule has 0 atom stereocenters. The lowest BCUT2D eigenvalue weighted by atomic mass is 10.0. The first-order valence-corrected chi connectivity index (χ1v) is 11.8. The predicted molar refractivity (Wildman–Crippen MR) is 131 cm³/mol. The fourth-order valence-corrected chi connectivity index (χ4v) is 4.23. The quantitative estimate of drug-likeness (QED) is 0.0942. The second kappa shape index (κ2) is 10.6. The van der Waals surface area contributed by atoms with E-state index < -0.39 is 80.1 Å². The van der Waals surface area contributed by atoms with Crippen LogP contribution in [0.25, 0.3) is 28.3 Å². The normalized spacial score (nSPS) is 12.5. The first kappa shape index (κ1) is 30.8. The van der Waals surface area contributed by atoms with E-state index in [9.17, 15) is 54.4 Å². The van der Waals surface area contributed by atoms with Crippen LogP contribution in [0, 0.1) is 10.1 Å². The summed E-state index contributed by atoms with van der Waals surface area (Å²) >= 11 is 11.9. The molecular weight excluding hydrogens is 632 g/mol. The fourth-order valence-electron chi connectivity index (χ4n) is 3.94. The summed E-state index contributed by atoms with van der Waals surface area (Å²) in [6, 6.07) is 7.19. The molecule has 0 saturated carbocycles. The van der Waals surface area contributed by atoms with Crippen LogP contribution in [0.5, 0.6) is 0 Å². The van der Waals surface area contributed by atoms with Crippen molar-refractivity contribution in [3.05, 3.63) is 97.6 Å². The zero-order valence-electron chi connectivity index (χ0n) is 20.0. The Kier molecular flexibility index (Phi) is 7.80. The summed E-state index contributed by atoms with van der Waals surface area (Å²) < 4.78 is 124. The number of nitrogens with zero attached hydrogens (tertiary/aromatic N) is 3. The molecule has 0 bridgehead atoms. The molecule has 6 nitrogen and oxygen atoms in total. The number of hydrogen-bond acceptors (Lipinski definition) is 4. The number of carbonyl (C=O) groups excluding carboxylic acids is 1. The molecule has 4 rings (SSSR count). The van der Waals surface area contributed by atoms with Gasteiger partial charge < -0.3 is 0 Å². The highest BCUT2D eigenvalue weighted by Gasteiger charge is 2.45. The van der Waals surface area contributed by atoms with Crippen LogP contribution in [-0.4, -0.2) is 26.4 Å². The van der Waals surface area contributed by atoms with Gasteiger partial charge in [0.25, 0.3) is 11.5 Å². The Hall–Kier alpha value is -4.11. The van der Waals surface area contributed by atoms with Gasteiger partial charge in [-0.15, -0.1) is 0 Å². The van der Waals surface area contributed by atoms with Crippen LogP contribution in [0.1, 0.15) is 21.6 Å². The van der Waals surface area contributed by atoms with E-state index in [1.54, 1.807) is 0 Å². The zero-order valence-corrected chi connectivity index (χ0v) is 21.5. The third-order valence-electron chi connectivity index (χ3n) is 5.71. The standard InChI is InChI=1S/C25H10Cl2F9N3O3/c26-16-6-5-14(10-17(16)27)38-20(21(40)25(34,35)36)19(37-22(38)15-3-1-2-4-18(15)39(41)42)11-7-12(23(28,29)30)9-13(8-11)24(31,32)33/h1-10H. The van der Waals surface area contributed by atoms with Gasteiger partial charge in [-0.05, 0) is 42.5 Å². The summed E-state index contributed by atoms with van der Waals surface area (Å²) in [4.78, 5) is 27.4. The van der Waals surface area contributed by atoms with Crippen LogP contribution in [0.4, 0.5) is 45.2 Å². The topological polar surface area (TPSA) is 78.0 Å². The van der Waals surface area contributed by atoms with E-state index in [-0.39, 0.29) is 28.2 Å². The molecule has 0 saturated heterocycles. The SMILES string of the molecule is O=C(c1c(-c2cc(C(F)(F)F)cc(C(F)(F)F)c2)nc(-c2ccccc2[N+](=O)[O-])n1-c1ccc(Cl)c(Cl)c1)C(F)(F)F. The predicted octanol–water partition coefficient (Wildman–Crippen LogP) is 9.20. The lowest BCUT2D eigenvalue weighted by Gasteiger charge is -2.16. The molecule has 0 unspecified atom stereocenters. The molecule has 4 aromatic rings. The first-order valence-electron chi connectivity index (χ1n) is 11.0.